The van der Waals surface area contributed by atoms with E-state index in [1.807, 2.05) is 92.7 Å². The Morgan fingerprint density at radius 3 is 1.83 bits per heavy atom. The summed E-state index contributed by atoms with van der Waals surface area (Å²) in [5.74, 6) is 0.802. The van der Waals surface area contributed by atoms with Gasteiger partial charge in [-0.1, -0.05) is 89.5 Å². The summed E-state index contributed by atoms with van der Waals surface area (Å²) in [6, 6.07) is 26.6. The van der Waals surface area contributed by atoms with Crippen molar-refractivity contribution in [2.45, 2.75) is 33.5 Å². The maximum atomic E-state index is 15.2. The van der Waals surface area contributed by atoms with Crippen LogP contribution in [0, 0.1) is 13.8 Å². The SMILES string of the molecule is Cc1ccc(P(=O)(c2ccc(C)cc2)c2cc(Oc3ccccc3)c3c(c2Cl)OC(C)(C)O3)cc1. The zero-order valence-electron chi connectivity index (χ0n) is 20.0. The van der Waals surface area contributed by atoms with Gasteiger partial charge >= 0.3 is 0 Å². The Morgan fingerprint density at radius 2 is 1.29 bits per heavy atom. The highest BCUT2D eigenvalue weighted by atomic mass is 35.5. The Balaban J connectivity index is 1.78. The summed E-state index contributed by atoms with van der Waals surface area (Å²) in [6.07, 6.45) is 0. The van der Waals surface area contributed by atoms with Gasteiger partial charge in [0.15, 0.2) is 18.6 Å². The predicted octanol–water partition coefficient (Wildman–Crippen LogP) is 6.90. The van der Waals surface area contributed by atoms with Crippen LogP contribution in [0.1, 0.15) is 25.0 Å². The first-order valence-electron chi connectivity index (χ1n) is 11.4. The van der Waals surface area contributed by atoms with E-state index in [0.29, 0.717) is 38.9 Å². The summed E-state index contributed by atoms with van der Waals surface area (Å²) in [5, 5.41) is 2.06. The second kappa shape index (κ2) is 8.78. The molecule has 1 aliphatic rings. The van der Waals surface area contributed by atoms with Crippen molar-refractivity contribution >= 4 is 34.7 Å². The van der Waals surface area contributed by atoms with Crippen molar-refractivity contribution in [2.75, 3.05) is 0 Å². The van der Waals surface area contributed by atoms with Crippen LogP contribution >= 0.6 is 18.7 Å². The van der Waals surface area contributed by atoms with Gasteiger partial charge in [0.05, 0.1) is 5.02 Å². The summed E-state index contributed by atoms with van der Waals surface area (Å²) in [7, 11) is -3.41. The summed E-state index contributed by atoms with van der Waals surface area (Å²) in [5.41, 5.74) is 2.16. The molecule has 0 N–H and O–H groups in total. The lowest BCUT2D eigenvalue weighted by molar-refractivity contribution is -0.0437. The van der Waals surface area contributed by atoms with Gasteiger partial charge in [0.25, 0.3) is 0 Å². The molecule has 5 rings (SSSR count). The first-order chi connectivity index (χ1) is 16.7. The average molecular weight is 505 g/mol. The van der Waals surface area contributed by atoms with Crippen molar-refractivity contribution in [3.63, 3.8) is 0 Å². The van der Waals surface area contributed by atoms with Gasteiger partial charge in [-0.25, -0.2) is 0 Å². The van der Waals surface area contributed by atoms with Gasteiger partial charge < -0.3 is 18.8 Å². The van der Waals surface area contributed by atoms with E-state index >= 15 is 4.57 Å². The minimum absolute atomic E-state index is 0.260. The lowest BCUT2D eigenvalue weighted by Gasteiger charge is -2.23. The molecule has 0 spiro atoms. The van der Waals surface area contributed by atoms with E-state index in [-0.39, 0.29) is 5.02 Å². The van der Waals surface area contributed by atoms with E-state index in [1.165, 1.54) is 0 Å². The summed E-state index contributed by atoms with van der Waals surface area (Å²) >= 11 is 6.97. The highest BCUT2D eigenvalue weighted by Crippen LogP contribution is 2.55. The van der Waals surface area contributed by atoms with Crippen molar-refractivity contribution in [2.24, 2.45) is 0 Å². The third-order valence-electron chi connectivity index (χ3n) is 5.92. The Bertz CT molecular complexity index is 1380. The number of aryl methyl sites for hydroxylation is 2. The molecule has 0 bridgehead atoms. The number of ether oxygens (including phenoxy) is 3. The molecule has 178 valence electrons. The minimum Gasteiger partial charge on any atom is -0.453 e. The fraction of sp³-hybridized carbons (Fsp3) is 0.172. The summed E-state index contributed by atoms with van der Waals surface area (Å²) in [4.78, 5) is 0. The van der Waals surface area contributed by atoms with E-state index in [0.717, 1.165) is 11.1 Å². The second-order valence-electron chi connectivity index (χ2n) is 9.17. The number of halogens is 1. The van der Waals surface area contributed by atoms with Gasteiger partial charge in [-0.15, -0.1) is 0 Å². The first kappa shape index (κ1) is 23.5. The fourth-order valence-corrected chi connectivity index (χ4v) is 7.34. The third kappa shape index (κ3) is 4.33. The van der Waals surface area contributed by atoms with Crippen LogP contribution in [-0.4, -0.2) is 5.79 Å². The topological polar surface area (TPSA) is 44.8 Å². The molecule has 4 aromatic carbocycles. The molecule has 0 radical (unpaired) electrons. The lowest BCUT2D eigenvalue weighted by Crippen LogP contribution is -2.30. The van der Waals surface area contributed by atoms with Crippen molar-refractivity contribution in [3.8, 4) is 23.0 Å². The summed E-state index contributed by atoms with van der Waals surface area (Å²) < 4.78 is 33.6. The van der Waals surface area contributed by atoms with Crippen LogP contribution in [-0.2, 0) is 4.57 Å². The molecule has 1 aliphatic heterocycles. The number of fused-ring (bicyclic) bond motifs is 1. The highest BCUT2D eigenvalue weighted by Gasteiger charge is 2.42. The Labute approximate surface area is 210 Å². The molecule has 6 heteroatoms. The molecule has 35 heavy (non-hydrogen) atoms. The van der Waals surface area contributed by atoms with E-state index in [9.17, 15) is 0 Å². The second-order valence-corrected chi connectivity index (χ2v) is 12.3. The van der Waals surface area contributed by atoms with Crippen LogP contribution in [0.3, 0.4) is 0 Å². The van der Waals surface area contributed by atoms with Crippen LogP contribution in [0.25, 0.3) is 0 Å². The molecular weight excluding hydrogens is 479 g/mol. The third-order valence-corrected chi connectivity index (χ3v) is 9.51. The minimum atomic E-state index is -3.41. The molecule has 0 atom stereocenters. The zero-order chi connectivity index (χ0) is 24.8. The van der Waals surface area contributed by atoms with Gasteiger partial charge in [0.2, 0.25) is 11.5 Å². The van der Waals surface area contributed by atoms with Crippen molar-refractivity contribution in [1.82, 2.24) is 0 Å². The van der Waals surface area contributed by atoms with E-state index in [1.54, 1.807) is 19.9 Å². The number of hydrogen-bond acceptors (Lipinski definition) is 4. The van der Waals surface area contributed by atoms with Crippen LogP contribution in [0.5, 0.6) is 23.0 Å². The molecule has 0 amide bonds. The number of rotatable bonds is 5. The molecule has 4 nitrogen and oxygen atoms in total. The van der Waals surface area contributed by atoms with Crippen molar-refractivity contribution in [1.29, 1.82) is 0 Å². The van der Waals surface area contributed by atoms with Gasteiger partial charge in [-0.05, 0) is 32.0 Å². The molecule has 0 unspecified atom stereocenters. The molecule has 0 fully saturated rings. The van der Waals surface area contributed by atoms with Crippen molar-refractivity contribution < 1.29 is 18.8 Å². The van der Waals surface area contributed by atoms with Crippen LogP contribution in [0.4, 0.5) is 0 Å². The molecule has 0 saturated heterocycles. The smallest absolute Gasteiger partial charge is 0.246 e. The molecule has 1 heterocycles. The van der Waals surface area contributed by atoms with E-state index in [4.69, 9.17) is 25.8 Å². The van der Waals surface area contributed by atoms with E-state index in [2.05, 4.69) is 0 Å². The van der Waals surface area contributed by atoms with Crippen LogP contribution in [0.15, 0.2) is 84.9 Å². The number of hydrogen-bond donors (Lipinski definition) is 0. The molecule has 0 aliphatic carbocycles. The summed E-state index contributed by atoms with van der Waals surface area (Å²) in [6.45, 7) is 7.60. The maximum absolute atomic E-state index is 15.2. The lowest BCUT2D eigenvalue weighted by atomic mass is 10.2. The largest absolute Gasteiger partial charge is 0.453 e. The quantitative estimate of drug-likeness (QED) is 0.277. The van der Waals surface area contributed by atoms with Crippen LogP contribution < -0.4 is 30.1 Å². The highest BCUT2D eigenvalue weighted by molar-refractivity contribution is 7.85. The zero-order valence-corrected chi connectivity index (χ0v) is 21.7. The standard InChI is InChI=1S/C29H26ClO4P/c1-19-10-14-22(15-11-19)35(31,23-16-12-20(2)13-17-23)25-18-24(32-21-8-6-5-7-9-21)27-28(26(25)30)34-29(3,4)33-27/h5-18H,1-4H3. The van der Waals surface area contributed by atoms with Gasteiger partial charge in [0.1, 0.15) is 5.75 Å². The maximum Gasteiger partial charge on any atom is 0.246 e. The first-order valence-corrected chi connectivity index (χ1v) is 13.5. The Kier molecular flexibility index (Phi) is 5.91. The number of benzene rings is 4. The Hall–Kier alpha value is -3.20. The fourth-order valence-electron chi connectivity index (χ4n) is 4.14. The molecule has 0 aromatic heterocycles. The average Bonchev–Trinajstić information content (AvgIpc) is 3.18. The van der Waals surface area contributed by atoms with Gasteiger partial charge in [-0.3, -0.25) is 0 Å². The van der Waals surface area contributed by atoms with Crippen molar-refractivity contribution in [3.05, 3.63) is 101 Å². The number of para-hydroxylation sites is 1. The van der Waals surface area contributed by atoms with Gasteiger partial charge in [-0.2, -0.15) is 0 Å². The van der Waals surface area contributed by atoms with Gasteiger partial charge in [0, 0.05) is 29.8 Å². The molecule has 0 saturated carbocycles. The van der Waals surface area contributed by atoms with Crippen LogP contribution in [0.2, 0.25) is 5.02 Å². The predicted molar refractivity (Wildman–Crippen MR) is 142 cm³/mol. The monoisotopic (exact) mass is 504 g/mol. The molecular formula is C29H26ClO4P. The molecule has 4 aromatic rings. The normalized spacial score (nSPS) is 14.1. The van der Waals surface area contributed by atoms with E-state index < -0.39 is 12.9 Å². The Morgan fingerprint density at radius 1 is 0.771 bits per heavy atom.